The fourth-order valence-electron chi connectivity index (χ4n) is 2.71. The minimum Gasteiger partial charge on any atom is -0.468 e. The molecule has 2 atom stereocenters. The van der Waals surface area contributed by atoms with Crippen LogP contribution in [-0.4, -0.2) is 62.8 Å². The summed E-state index contributed by atoms with van der Waals surface area (Å²) in [4.78, 5) is 16.3. The van der Waals surface area contributed by atoms with Gasteiger partial charge in [-0.3, -0.25) is 4.90 Å². The van der Waals surface area contributed by atoms with E-state index in [9.17, 15) is 4.79 Å². The Bertz CT molecular complexity index is 441. The average Bonchev–Trinajstić information content (AvgIpc) is 3.18. The van der Waals surface area contributed by atoms with E-state index in [0.717, 1.165) is 31.9 Å². The van der Waals surface area contributed by atoms with Crippen molar-refractivity contribution in [3.05, 3.63) is 24.2 Å². The third kappa shape index (κ3) is 4.48. The number of furan rings is 1. The summed E-state index contributed by atoms with van der Waals surface area (Å²) >= 11 is 0. The number of hydrogen-bond acceptors (Lipinski definition) is 4. The molecular formula is C16H27N3O3. The fourth-order valence-corrected chi connectivity index (χ4v) is 2.71. The molecule has 1 aliphatic heterocycles. The number of amides is 2. The van der Waals surface area contributed by atoms with Crippen LogP contribution in [0.25, 0.3) is 0 Å². The summed E-state index contributed by atoms with van der Waals surface area (Å²) in [5.41, 5.74) is 0. The van der Waals surface area contributed by atoms with Crippen molar-refractivity contribution in [1.82, 2.24) is 15.1 Å². The number of nitrogens with zero attached hydrogens (tertiary/aromatic N) is 2. The molecule has 6 nitrogen and oxygen atoms in total. The van der Waals surface area contributed by atoms with E-state index < -0.39 is 0 Å². The first-order valence-electron chi connectivity index (χ1n) is 7.92. The summed E-state index contributed by atoms with van der Waals surface area (Å²) in [7, 11) is 3.96. The second-order valence-electron chi connectivity index (χ2n) is 5.95. The number of rotatable bonds is 7. The van der Waals surface area contributed by atoms with Crippen molar-refractivity contribution in [1.29, 1.82) is 0 Å². The first kappa shape index (κ1) is 16.8. The second-order valence-corrected chi connectivity index (χ2v) is 5.95. The van der Waals surface area contributed by atoms with Crippen LogP contribution in [0.1, 0.15) is 25.1 Å². The molecule has 2 amide bonds. The molecule has 22 heavy (non-hydrogen) atoms. The molecule has 0 spiro atoms. The minimum absolute atomic E-state index is 0.0205. The lowest BCUT2D eigenvalue weighted by atomic mass is 10.1. The highest BCUT2D eigenvalue weighted by Crippen LogP contribution is 2.18. The van der Waals surface area contributed by atoms with Gasteiger partial charge in [0.05, 0.1) is 18.9 Å². The van der Waals surface area contributed by atoms with Crippen LogP contribution in [0.2, 0.25) is 0 Å². The summed E-state index contributed by atoms with van der Waals surface area (Å²) in [5.74, 6) is 1.32. The molecule has 6 heteroatoms. The maximum absolute atomic E-state index is 12.4. The van der Waals surface area contributed by atoms with Crippen LogP contribution in [0.15, 0.2) is 22.8 Å². The quantitative estimate of drug-likeness (QED) is 0.836. The zero-order chi connectivity index (χ0) is 15.9. The molecule has 0 bridgehead atoms. The highest BCUT2D eigenvalue weighted by Gasteiger charge is 2.23. The molecule has 2 heterocycles. The topological polar surface area (TPSA) is 58.0 Å². The molecule has 0 aromatic carbocycles. The number of urea groups is 1. The first-order chi connectivity index (χ1) is 10.6. The van der Waals surface area contributed by atoms with Gasteiger partial charge in [0.25, 0.3) is 0 Å². The molecule has 1 aromatic rings. The number of hydrogen-bond donors (Lipinski definition) is 1. The molecule has 124 valence electrons. The van der Waals surface area contributed by atoms with E-state index in [1.165, 1.54) is 0 Å². The largest absolute Gasteiger partial charge is 0.468 e. The van der Waals surface area contributed by atoms with Gasteiger partial charge in [0.1, 0.15) is 5.76 Å². The predicted octanol–water partition coefficient (Wildman–Crippen LogP) is 1.95. The predicted molar refractivity (Wildman–Crippen MR) is 84.7 cm³/mol. The number of nitrogens with one attached hydrogen (secondary N) is 1. The van der Waals surface area contributed by atoms with Crippen molar-refractivity contribution in [3.63, 3.8) is 0 Å². The van der Waals surface area contributed by atoms with Crippen molar-refractivity contribution in [2.24, 2.45) is 5.92 Å². The second kappa shape index (κ2) is 8.19. The molecule has 1 aromatic heterocycles. The highest BCUT2D eigenvalue weighted by molar-refractivity contribution is 5.74. The van der Waals surface area contributed by atoms with Crippen LogP contribution in [0.5, 0.6) is 0 Å². The molecule has 0 unspecified atom stereocenters. The maximum atomic E-state index is 12.4. The Labute approximate surface area is 132 Å². The SMILES string of the molecule is CCN(C[C@@H]1CCOC1)C(=O)NC[C@H](c1ccco1)N(C)C. The number of carbonyl (C=O) groups excluding carboxylic acids is 1. The van der Waals surface area contributed by atoms with Crippen LogP contribution >= 0.6 is 0 Å². The van der Waals surface area contributed by atoms with Crippen molar-refractivity contribution >= 4 is 6.03 Å². The number of likely N-dealkylation sites (N-methyl/N-ethyl adjacent to an activating group) is 1. The molecular weight excluding hydrogens is 282 g/mol. The van der Waals surface area contributed by atoms with Gasteiger partial charge in [-0.05, 0) is 39.6 Å². The third-order valence-corrected chi connectivity index (χ3v) is 4.11. The van der Waals surface area contributed by atoms with Crippen molar-refractivity contribution < 1.29 is 13.9 Å². The Balaban J connectivity index is 1.86. The van der Waals surface area contributed by atoms with Crippen molar-refractivity contribution in [2.75, 3.05) is 46.9 Å². The highest BCUT2D eigenvalue weighted by atomic mass is 16.5. The van der Waals surface area contributed by atoms with Gasteiger partial charge in [0.15, 0.2) is 0 Å². The Morgan fingerprint density at radius 3 is 2.86 bits per heavy atom. The van der Waals surface area contributed by atoms with Crippen LogP contribution < -0.4 is 5.32 Å². The van der Waals surface area contributed by atoms with Gasteiger partial charge in [-0.25, -0.2) is 4.79 Å². The van der Waals surface area contributed by atoms with Gasteiger partial charge >= 0.3 is 6.03 Å². The number of carbonyl (C=O) groups is 1. The van der Waals surface area contributed by atoms with E-state index in [4.69, 9.17) is 9.15 Å². The van der Waals surface area contributed by atoms with Crippen LogP contribution in [-0.2, 0) is 4.74 Å². The standard InChI is InChI=1S/C16H27N3O3/c1-4-19(11-13-7-9-21-12-13)16(20)17-10-14(18(2)3)15-6-5-8-22-15/h5-6,8,13-14H,4,7,9-12H2,1-3H3,(H,17,20)/t13-,14+/m0/s1. The zero-order valence-electron chi connectivity index (χ0n) is 13.7. The molecule has 0 radical (unpaired) electrons. The smallest absolute Gasteiger partial charge is 0.317 e. The molecule has 2 rings (SSSR count). The zero-order valence-corrected chi connectivity index (χ0v) is 13.7. The lowest BCUT2D eigenvalue weighted by molar-refractivity contribution is 0.164. The number of ether oxygens (including phenoxy) is 1. The first-order valence-corrected chi connectivity index (χ1v) is 7.92. The fraction of sp³-hybridized carbons (Fsp3) is 0.688. The molecule has 0 saturated carbocycles. The molecule has 1 saturated heterocycles. The van der Waals surface area contributed by atoms with E-state index in [1.807, 2.05) is 43.0 Å². The van der Waals surface area contributed by atoms with E-state index in [0.29, 0.717) is 19.0 Å². The van der Waals surface area contributed by atoms with Gasteiger partial charge in [-0.15, -0.1) is 0 Å². The van der Waals surface area contributed by atoms with Gasteiger partial charge in [-0.2, -0.15) is 0 Å². The minimum atomic E-state index is -0.0205. The summed E-state index contributed by atoms with van der Waals surface area (Å²) < 4.78 is 10.8. The summed E-state index contributed by atoms with van der Waals surface area (Å²) in [6.45, 7) is 5.56. The van der Waals surface area contributed by atoms with Crippen molar-refractivity contribution in [3.8, 4) is 0 Å². The Morgan fingerprint density at radius 1 is 1.50 bits per heavy atom. The maximum Gasteiger partial charge on any atom is 0.317 e. The van der Waals surface area contributed by atoms with Gasteiger partial charge in [0, 0.05) is 32.2 Å². The van der Waals surface area contributed by atoms with Crippen LogP contribution in [0, 0.1) is 5.92 Å². The van der Waals surface area contributed by atoms with E-state index >= 15 is 0 Å². The van der Waals surface area contributed by atoms with Crippen LogP contribution in [0.4, 0.5) is 4.79 Å². The summed E-state index contributed by atoms with van der Waals surface area (Å²) in [6, 6.07) is 3.82. The van der Waals surface area contributed by atoms with E-state index in [2.05, 4.69) is 5.32 Å². The van der Waals surface area contributed by atoms with Gasteiger partial charge < -0.3 is 19.4 Å². The van der Waals surface area contributed by atoms with Gasteiger partial charge in [-0.1, -0.05) is 0 Å². The average molecular weight is 309 g/mol. The molecule has 1 aliphatic rings. The van der Waals surface area contributed by atoms with Gasteiger partial charge in [0.2, 0.25) is 0 Å². The molecule has 1 N–H and O–H groups in total. The lowest BCUT2D eigenvalue weighted by Crippen LogP contribution is -2.45. The van der Waals surface area contributed by atoms with E-state index in [1.54, 1.807) is 6.26 Å². The molecule has 1 fully saturated rings. The molecule has 0 aliphatic carbocycles. The van der Waals surface area contributed by atoms with E-state index in [-0.39, 0.29) is 12.1 Å². The third-order valence-electron chi connectivity index (χ3n) is 4.11. The normalized spacial score (nSPS) is 19.4. The summed E-state index contributed by atoms with van der Waals surface area (Å²) in [5, 5.41) is 3.02. The Hall–Kier alpha value is -1.53. The monoisotopic (exact) mass is 309 g/mol. The summed E-state index contributed by atoms with van der Waals surface area (Å²) in [6.07, 6.45) is 2.70. The lowest BCUT2D eigenvalue weighted by Gasteiger charge is -2.27. The van der Waals surface area contributed by atoms with Crippen molar-refractivity contribution in [2.45, 2.75) is 19.4 Å². The Kier molecular flexibility index (Phi) is 6.27. The Morgan fingerprint density at radius 2 is 2.32 bits per heavy atom. The van der Waals surface area contributed by atoms with Crippen LogP contribution in [0.3, 0.4) is 0 Å².